The molecule has 0 atom stereocenters. The van der Waals surface area contributed by atoms with E-state index in [4.69, 9.17) is 4.52 Å². The van der Waals surface area contributed by atoms with Crippen LogP contribution in [0.15, 0.2) is 33.9 Å². The number of rotatable bonds is 7. The van der Waals surface area contributed by atoms with Crippen molar-refractivity contribution >= 4 is 17.4 Å². The summed E-state index contributed by atoms with van der Waals surface area (Å²) in [5, 5.41) is 16.7. The highest BCUT2D eigenvalue weighted by Gasteiger charge is 2.30. The predicted molar refractivity (Wildman–Crippen MR) is 116 cm³/mol. The van der Waals surface area contributed by atoms with Gasteiger partial charge in [0.1, 0.15) is 5.76 Å². The third kappa shape index (κ3) is 5.11. The van der Waals surface area contributed by atoms with Gasteiger partial charge < -0.3 is 14.4 Å². The number of benzene rings is 1. The maximum absolute atomic E-state index is 13.0. The molecule has 0 saturated heterocycles. The van der Waals surface area contributed by atoms with E-state index in [9.17, 15) is 13.2 Å². The molecule has 10 heteroatoms. The minimum atomic E-state index is -4.37. The Labute approximate surface area is 189 Å². The van der Waals surface area contributed by atoms with Crippen LogP contribution in [0, 0.1) is 13.8 Å². The van der Waals surface area contributed by atoms with Gasteiger partial charge in [-0.3, -0.25) is 0 Å². The largest absolute Gasteiger partial charge is 0.416 e. The van der Waals surface area contributed by atoms with Crippen molar-refractivity contribution in [3.63, 3.8) is 0 Å². The molecule has 172 valence electrons. The van der Waals surface area contributed by atoms with Crippen molar-refractivity contribution in [1.29, 1.82) is 0 Å². The summed E-state index contributed by atoms with van der Waals surface area (Å²) >= 11 is 1.59. The van der Waals surface area contributed by atoms with Crippen LogP contribution in [0.25, 0.3) is 0 Å². The first kappa shape index (κ1) is 22.7. The van der Waals surface area contributed by atoms with Crippen LogP contribution in [0.5, 0.6) is 0 Å². The summed E-state index contributed by atoms with van der Waals surface area (Å²) in [5.74, 6) is 2.20. The minimum absolute atomic E-state index is 0.296. The molecule has 6 nitrogen and oxygen atoms in total. The predicted octanol–water partition coefficient (Wildman–Crippen LogP) is 6.31. The summed E-state index contributed by atoms with van der Waals surface area (Å²) in [7, 11) is 0. The van der Waals surface area contributed by atoms with E-state index in [-0.39, 0.29) is 0 Å². The number of halogens is 3. The topological polar surface area (TPSA) is 68.8 Å². The molecule has 4 rings (SSSR count). The van der Waals surface area contributed by atoms with Crippen LogP contribution in [-0.4, -0.2) is 19.9 Å². The van der Waals surface area contributed by atoms with E-state index in [0.717, 1.165) is 65.8 Å². The third-order valence-corrected chi connectivity index (χ3v) is 6.81. The highest BCUT2D eigenvalue weighted by atomic mass is 32.2. The average molecular weight is 466 g/mol. The Bertz CT molecular complexity index is 1040. The van der Waals surface area contributed by atoms with Gasteiger partial charge in [0.15, 0.2) is 11.0 Å². The van der Waals surface area contributed by atoms with E-state index in [1.54, 1.807) is 17.8 Å². The Morgan fingerprint density at radius 2 is 1.94 bits per heavy atom. The quantitative estimate of drug-likeness (QED) is 0.412. The van der Waals surface area contributed by atoms with Gasteiger partial charge in [0.05, 0.1) is 17.8 Å². The fourth-order valence-electron chi connectivity index (χ4n) is 4.06. The zero-order chi connectivity index (χ0) is 22.7. The summed E-state index contributed by atoms with van der Waals surface area (Å²) in [6.07, 6.45) is 1.25. The van der Waals surface area contributed by atoms with Crippen molar-refractivity contribution in [1.82, 2.24) is 19.9 Å². The minimum Gasteiger partial charge on any atom is -0.378 e. The molecule has 0 bridgehead atoms. The van der Waals surface area contributed by atoms with Gasteiger partial charge in [0, 0.05) is 23.0 Å². The molecule has 1 aliphatic rings. The van der Waals surface area contributed by atoms with Crippen molar-refractivity contribution in [3.05, 3.63) is 52.7 Å². The Hall–Kier alpha value is -2.49. The molecular weight excluding hydrogens is 439 g/mol. The van der Waals surface area contributed by atoms with E-state index in [0.29, 0.717) is 24.0 Å². The molecule has 3 aromatic rings. The summed E-state index contributed by atoms with van der Waals surface area (Å²) in [5.41, 5.74) is 1.65. The molecule has 32 heavy (non-hydrogen) atoms. The lowest BCUT2D eigenvalue weighted by Gasteiger charge is -2.25. The normalized spacial score (nSPS) is 15.3. The van der Waals surface area contributed by atoms with Crippen molar-refractivity contribution in [2.45, 2.75) is 75.6 Å². The molecule has 0 radical (unpaired) electrons. The van der Waals surface area contributed by atoms with Gasteiger partial charge in [-0.05, 0) is 44.9 Å². The second kappa shape index (κ2) is 9.56. The summed E-state index contributed by atoms with van der Waals surface area (Å²) in [6, 6.07) is 5.52. The second-order valence-electron chi connectivity index (χ2n) is 8.08. The van der Waals surface area contributed by atoms with Crippen LogP contribution >= 0.6 is 11.8 Å². The van der Waals surface area contributed by atoms with E-state index in [1.807, 2.05) is 13.8 Å². The van der Waals surface area contributed by atoms with Crippen molar-refractivity contribution in [2.75, 3.05) is 5.32 Å². The molecule has 1 N–H and O–H groups in total. The molecular formula is C22H26F3N5OS. The molecule has 2 heterocycles. The maximum atomic E-state index is 13.0. The van der Waals surface area contributed by atoms with Crippen molar-refractivity contribution in [2.24, 2.45) is 0 Å². The van der Waals surface area contributed by atoms with Crippen molar-refractivity contribution in [3.8, 4) is 0 Å². The van der Waals surface area contributed by atoms with Crippen molar-refractivity contribution < 1.29 is 17.7 Å². The number of thioether (sulfide) groups is 1. The Morgan fingerprint density at radius 3 is 2.62 bits per heavy atom. The molecule has 1 saturated carbocycles. The Morgan fingerprint density at radius 1 is 1.16 bits per heavy atom. The lowest BCUT2D eigenvalue weighted by atomic mass is 9.95. The number of hydrogen-bond acceptors (Lipinski definition) is 6. The van der Waals surface area contributed by atoms with Gasteiger partial charge >= 0.3 is 6.18 Å². The van der Waals surface area contributed by atoms with Gasteiger partial charge in [-0.2, -0.15) is 13.2 Å². The zero-order valence-electron chi connectivity index (χ0n) is 18.1. The second-order valence-corrected chi connectivity index (χ2v) is 9.03. The maximum Gasteiger partial charge on any atom is 0.416 e. The lowest BCUT2D eigenvalue weighted by Crippen LogP contribution is -2.18. The van der Waals surface area contributed by atoms with Crippen LogP contribution in [-0.2, 0) is 18.5 Å². The van der Waals surface area contributed by atoms with E-state index in [1.165, 1.54) is 12.5 Å². The average Bonchev–Trinajstić information content (AvgIpc) is 3.33. The van der Waals surface area contributed by atoms with Crippen LogP contribution in [0.1, 0.15) is 66.6 Å². The first-order valence-corrected chi connectivity index (χ1v) is 11.7. The number of anilines is 1. The number of nitrogens with zero attached hydrogens (tertiary/aromatic N) is 4. The third-order valence-electron chi connectivity index (χ3n) is 5.84. The first-order valence-electron chi connectivity index (χ1n) is 10.7. The summed E-state index contributed by atoms with van der Waals surface area (Å²) < 4.78 is 46.5. The van der Waals surface area contributed by atoms with Crippen LogP contribution in [0.3, 0.4) is 0 Å². The highest BCUT2D eigenvalue weighted by molar-refractivity contribution is 7.98. The van der Waals surface area contributed by atoms with E-state index >= 15 is 0 Å². The number of nitrogens with one attached hydrogen (secondary N) is 1. The van der Waals surface area contributed by atoms with Gasteiger partial charge in [-0.25, -0.2) is 0 Å². The molecule has 0 amide bonds. The lowest BCUT2D eigenvalue weighted by molar-refractivity contribution is -0.137. The van der Waals surface area contributed by atoms with Gasteiger partial charge in [0.2, 0.25) is 0 Å². The molecule has 1 aromatic carbocycles. The molecule has 1 aliphatic carbocycles. The SMILES string of the molecule is Cc1noc(C)c1CSc1nnc(CNc2cccc(C(F)(F)F)c2)n1C1CCCCC1. The molecule has 0 aliphatic heterocycles. The van der Waals surface area contributed by atoms with Gasteiger partial charge in [0.25, 0.3) is 0 Å². The molecule has 1 fully saturated rings. The summed E-state index contributed by atoms with van der Waals surface area (Å²) in [4.78, 5) is 0. The van der Waals surface area contributed by atoms with Gasteiger partial charge in [-0.1, -0.05) is 42.2 Å². The number of alkyl halides is 3. The van der Waals surface area contributed by atoms with Gasteiger partial charge in [-0.15, -0.1) is 10.2 Å². The number of aromatic nitrogens is 4. The number of hydrogen-bond donors (Lipinski definition) is 1. The fourth-order valence-corrected chi connectivity index (χ4v) is 5.24. The fraction of sp³-hybridized carbons (Fsp3) is 0.500. The zero-order valence-corrected chi connectivity index (χ0v) is 18.9. The smallest absolute Gasteiger partial charge is 0.378 e. The van der Waals surface area contributed by atoms with Crippen LogP contribution in [0.4, 0.5) is 18.9 Å². The van der Waals surface area contributed by atoms with Crippen LogP contribution < -0.4 is 5.32 Å². The first-order chi connectivity index (χ1) is 15.3. The van der Waals surface area contributed by atoms with E-state index < -0.39 is 11.7 Å². The molecule has 2 aromatic heterocycles. The monoisotopic (exact) mass is 465 g/mol. The Balaban J connectivity index is 1.54. The highest BCUT2D eigenvalue weighted by Crippen LogP contribution is 2.35. The standard InChI is InChI=1S/C22H26F3N5OS/c1-14-19(15(2)31-29-14)13-32-21-28-27-20(30(21)18-9-4-3-5-10-18)12-26-17-8-6-7-16(11-17)22(23,24)25/h6-8,11,18,26H,3-5,9-10,12-13H2,1-2H3. The molecule has 0 unspecified atom stereocenters. The van der Waals surface area contributed by atoms with Crippen LogP contribution in [0.2, 0.25) is 0 Å². The van der Waals surface area contributed by atoms with E-state index in [2.05, 4.69) is 25.2 Å². The summed E-state index contributed by atoms with van der Waals surface area (Å²) in [6.45, 7) is 4.12. The molecule has 0 spiro atoms. The number of aryl methyl sites for hydroxylation is 2. The Kier molecular flexibility index (Phi) is 6.78.